The summed E-state index contributed by atoms with van der Waals surface area (Å²) in [4.78, 5) is 4.54. The summed E-state index contributed by atoms with van der Waals surface area (Å²) < 4.78 is 2.26. The van der Waals surface area contributed by atoms with Gasteiger partial charge in [0.15, 0.2) is 0 Å². The van der Waals surface area contributed by atoms with Crippen molar-refractivity contribution in [2.75, 3.05) is 0 Å². The lowest BCUT2D eigenvalue weighted by atomic mass is 10.2. The third-order valence-electron chi connectivity index (χ3n) is 2.61. The molecule has 0 aliphatic carbocycles. The van der Waals surface area contributed by atoms with Crippen molar-refractivity contribution in [1.82, 2.24) is 9.55 Å². The first-order valence-electron chi connectivity index (χ1n) is 5.28. The van der Waals surface area contributed by atoms with Gasteiger partial charge in [0.25, 0.3) is 0 Å². The van der Waals surface area contributed by atoms with Crippen molar-refractivity contribution in [1.29, 1.82) is 0 Å². The van der Waals surface area contributed by atoms with E-state index in [-0.39, 0.29) is 0 Å². The average Bonchev–Trinajstić information content (AvgIpc) is 2.55. The van der Waals surface area contributed by atoms with Crippen molar-refractivity contribution in [3.63, 3.8) is 0 Å². The van der Waals surface area contributed by atoms with Crippen molar-refractivity contribution < 1.29 is 0 Å². The third kappa shape index (κ3) is 1.86. The zero-order valence-corrected chi connectivity index (χ0v) is 9.88. The predicted molar refractivity (Wildman–Crippen MR) is 64.3 cm³/mol. The number of benzene rings is 1. The Morgan fingerprint density at radius 1 is 1.40 bits per heavy atom. The van der Waals surface area contributed by atoms with Gasteiger partial charge in [0, 0.05) is 12.4 Å². The van der Waals surface area contributed by atoms with Gasteiger partial charge in [-0.3, -0.25) is 0 Å². The van der Waals surface area contributed by atoms with E-state index in [1.165, 1.54) is 5.52 Å². The standard InChI is InChI=1S/C12H15ClN2/c1-3-6-15-9(2)14-11-7-10(8-13)4-5-12(11)15/h4-5,7H,3,6,8H2,1-2H3. The molecule has 0 spiro atoms. The molecule has 0 amide bonds. The number of nitrogens with zero attached hydrogens (tertiary/aromatic N) is 2. The molecule has 3 heteroatoms. The van der Waals surface area contributed by atoms with Gasteiger partial charge in [-0.1, -0.05) is 13.0 Å². The minimum Gasteiger partial charge on any atom is -0.328 e. The van der Waals surface area contributed by atoms with Gasteiger partial charge >= 0.3 is 0 Å². The first-order valence-corrected chi connectivity index (χ1v) is 5.81. The zero-order valence-electron chi connectivity index (χ0n) is 9.13. The lowest BCUT2D eigenvalue weighted by Gasteiger charge is -2.04. The molecule has 0 atom stereocenters. The number of hydrogen-bond donors (Lipinski definition) is 0. The molecule has 0 aliphatic rings. The summed E-state index contributed by atoms with van der Waals surface area (Å²) >= 11 is 5.80. The van der Waals surface area contributed by atoms with Crippen molar-refractivity contribution in [2.45, 2.75) is 32.7 Å². The van der Waals surface area contributed by atoms with Crippen LogP contribution in [0.4, 0.5) is 0 Å². The number of hydrogen-bond acceptors (Lipinski definition) is 1. The molecule has 1 heterocycles. The van der Waals surface area contributed by atoms with Crippen LogP contribution in [0.15, 0.2) is 18.2 Å². The largest absolute Gasteiger partial charge is 0.328 e. The molecule has 80 valence electrons. The number of rotatable bonds is 3. The van der Waals surface area contributed by atoms with E-state index in [0.717, 1.165) is 29.9 Å². The Bertz CT molecular complexity index is 474. The van der Waals surface area contributed by atoms with Gasteiger partial charge < -0.3 is 4.57 Å². The van der Waals surface area contributed by atoms with E-state index in [1.54, 1.807) is 0 Å². The number of alkyl halides is 1. The number of fused-ring (bicyclic) bond motifs is 1. The molecule has 1 aromatic carbocycles. The second-order valence-electron chi connectivity index (χ2n) is 3.77. The SMILES string of the molecule is CCCn1c(C)nc2cc(CCl)ccc21. The predicted octanol–water partition coefficient (Wildman–Crippen LogP) is 3.49. The highest BCUT2D eigenvalue weighted by atomic mass is 35.5. The molecule has 2 rings (SSSR count). The maximum absolute atomic E-state index is 5.80. The van der Waals surface area contributed by atoms with Crippen molar-refractivity contribution in [2.24, 2.45) is 0 Å². The van der Waals surface area contributed by atoms with E-state index in [4.69, 9.17) is 11.6 Å². The lowest BCUT2D eigenvalue weighted by molar-refractivity contribution is 0.676. The van der Waals surface area contributed by atoms with Crippen LogP contribution in [-0.2, 0) is 12.4 Å². The Kier molecular flexibility index (Phi) is 2.96. The maximum atomic E-state index is 5.80. The van der Waals surface area contributed by atoms with Gasteiger partial charge in [0.2, 0.25) is 0 Å². The summed E-state index contributed by atoms with van der Waals surface area (Å²) in [6.07, 6.45) is 1.13. The molecular formula is C12H15ClN2. The van der Waals surface area contributed by atoms with Crippen LogP contribution in [0.25, 0.3) is 11.0 Å². The van der Waals surface area contributed by atoms with E-state index in [1.807, 2.05) is 0 Å². The molecule has 0 radical (unpaired) electrons. The van der Waals surface area contributed by atoms with Crippen LogP contribution in [0.1, 0.15) is 24.7 Å². The van der Waals surface area contributed by atoms with Crippen LogP contribution in [0.2, 0.25) is 0 Å². The van der Waals surface area contributed by atoms with Crippen LogP contribution >= 0.6 is 11.6 Å². The highest BCUT2D eigenvalue weighted by molar-refractivity contribution is 6.17. The number of aryl methyl sites for hydroxylation is 2. The van der Waals surface area contributed by atoms with Crippen LogP contribution in [0.5, 0.6) is 0 Å². The molecule has 0 saturated carbocycles. The molecule has 2 nitrogen and oxygen atoms in total. The summed E-state index contributed by atoms with van der Waals surface area (Å²) in [5, 5.41) is 0. The quantitative estimate of drug-likeness (QED) is 0.727. The molecule has 0 N–H and O–H groups in total. The van der Waals surface area contributed by atoms with E-state index in [0.29, 0.717) is 5.88 Å². The average molecular weight is 223 g/mol. The molecule has 0 saturated heterocycles. The Hall–Kier alpha value is -1.02. The van der Waals surface area contributed by atoms with Crippen LogP contribution in [0, 0.1) is 6.92 Å². The normalized spacial score (nSPS) is 11.1. The summed E-state index contributed by atoms with van der Waals surface area (Å²) in [6.45, 7) is 5.26. The molecule has 15 heavy (non-hydrogen) atoms. The summed E-state index contributed by atoms with van der Waals surface area (Å²) in [7, 11) is 0. The van der Waals surface area contributed by atoms with Crippen molar-refractivity contribution in [3.8, 4) is 0 Å². The van der Waals surface area contributed by atoms with Gasteiger partial charge in [-0.2, -0.15) is 0 Å². The second-order valence-corrected chi connectivity index (χ2v) is 4.03. The molecule has 1 aromatic heterocycles. The van der Waals surface area contributed by atoms with E-state index in [9.17, 15) is 0 Å². The van der Waals surface area contributed by atoms with E-state index >= 15 is 0 Å². The Balaban J connectivity index is 2.58. The molecule has 0 unspecified atom stereocenters. The molecule has 0 bridgehead atoms. The van der Waals surface area contributed by atoms with Crippen LogP contribution < -0.4 is 0 Å². The molecule has 0 fully saturated rings. The number of halogens is 1. The van der Waals surface area contributed by atoms with Gasteiger partial charge in [-0.15, -0.1) is 11.6 Å². The van der Waals surface area contributed by atoms with Gasteiger partial charge in [0.1, 0.15) is 5.82 Å². The fraction of sp³-hybridized carbons (Fsp3) is 0.417. The summed E-state index contributed by atoms with van der Waals surface area (Å²) in [6, 6.07) is 6.26. The Labute approximate surface area is 94.9 Å². The third-order valence-corrected chi connectivity index (χ3v) is 2.91. The lowest BCUT2D eigenvalue weighted by Crippen LogP contribution is -1.98. The van der Waals surface area contributed by atoms with E-state index in [2.05, 4.69) is 41.6 Å². The van der Waals surface area contributed by atoms with Gasteiger partial charge in [-0.05, 0) is 31.0 Å². The minimum atomic E-state index is 0.551. The highest BCUT2D eigenvalue weighted by Crippen LogP contribution is 2.18. The summed E-state index contributed by atoms with van der Waals surface area (Å²) in [5.74, 6) is 1.63. The van der Waals surface area contributed by atoms with Crippen molar-refractivity contribution in [3.05, 3.63) is 29.6 Å². The minimum absolute atomic E-state index is 0.551. The fourth-order valence-corrected chi connectivity index (χ4v) is 2.05. The van der Waals surface area contributed by atoms with Crippen LogP contribution in [0.3, 0.4) is 0 Å². The van der Waals surface area contributed by atoms with Crippen molar-refractivity contribution >= 4 is 22.6 Å². The zero-order chi connectivity index (χ0) is 10.8. The number of aromatic nitrogens is 2. The van der Waals surface area contributed by atoms with E-state index < -0.39 is 0 Å². The first kappa shape index (κ1) is 10.5. The van der Waals surface area contributed by atoms with Gasteiger partial charge in [0.05, 0.1) is 11.0 Å². The Morgan fingerprint density at radius 3 is 2.87 bits per heavy atom. The Morgan fingerprint density at radius 2 is 2.20 bits per heavy atom. The maximum Gasteiger partial charge on any atom is 0.106 e. The number of imidazole rings is 1. The molecule has 0 aliphatic heterocycles. The summed E-state index contributed by atoms with van der Waals surface area (Å²) in [5.41, 5.74) is 3.40. The highest BCUT2D eigenvalue weighted by Gasteiger charge is 2.06. The van der Waals surface area contributed by atoms with Gasteiger partial charge in [-0.25, -0.2) is 4.98 Å². The first-order chi connectivity index (χ1) is 7.26. The smallest absolute Gasteiger partial charge is 0.106 e. The fourth-order valence-electron chi connectivity index (χ4n) is 1.88. The molecule has 2 aromatic rings. The molecular weight excluding hydrogens is 208 g/mol. The van der Waals surface area contributed by atoms with Crippen LogP contribution in [-0.4, -0.2) is 9.55 Å². The second kappa shape index (κ2) is 4.23. The topological polar surface area (TPSA) is 17.8 Å². The monoisotopic (exact) mass is 222 g/mol.